The number of rotatable bonds is 7. The molecule has 1 aliphatic rings. The first kappa shape index (κ1) is 23.7. The van der Waals surface area contributed by atoms with Crippen LogP contribution in [0.2, 0.25) is 0 Å². The van der Waals surface area contributed by atoms with Crippen molar-refractivity contribution in [1.29, 1.82) is 0 Å². The monoisotopic (exact) mass is 481 g/mol. The average Bonchev–Trinajstić information content (AvgIpc) is 3.39. The standard InChI is InChI=1S/C24H27N5O4S/c1-19(30)27-14-16-28(17-15-27)34(32,33)23-5-2-4-21(18-23)24(31)25-12-10-20-6-8-22(9-7-20)29-13-3-11-26-29/h2-9,11,13,18H,10,12,14-17H2,1H3,(H,25,31). The summed E-state index contributed by atoms with van der Waals surface area (Å²) < 4.78 is 29.2. The van der Waals surface area contributed by atoms with Crippen LogP contribution < -0.4 is 5.32 Å². The van der Waals surface area contributed by atoms with Gasteiger partial charge in [-0.3, -0.25) is 9.59 Å². The molecule has 0 spiro atoms. The third kappa shape index (κ3) is 5.35. The molecule has 0 bridgehead atoms. The molecule has 1 N–H and O–H groups in total. The van der Waals surface area contributed by atoms with E-state index >= 15 is 0 Å². The predicted octanol–water partition coefficient (Wildman–Crippen LogP) is 1.70. The molecule has 9 nitrogen and oxygen atoms in total. The Morgan fingerprint density at radius 2 is 1.74 bits per heavy atom. The molecule has 0 atom stereocenters. The van der Waals surface area contributed by atoms with Crippen LogP contribution >= 0.6 is 0 Å². The van der Waals surface area contributed by atoms with E-state index in [9.17, 15) is 18.0 Å². The van der Waals surface area contributed by atoms with Crippen LogP contribution in [0.4, 0.5) is 0 Å². The Morgan fingerprint density at radius 1 is 1.00 bits per heavy atom. The first-order valence-electron chi connectivity index (χ1n) is 11.1. The number of hydrogen-bond donors (Lipinski definition) is 1. The summed E-state index contributed by atoms with van der Waals surface area (Å²) in [5, 5.41) is 7.05. The minimum Gasteiger partial charge on any atom is -0.352 e. The summed E-state index contributed by atoms with van der Waals surface area (Å²) in [6.07, 6.45) is 4.23. The van der Waals surface area contributed by atoms with Gasteiger partial charge >= 0.3 is 0 Å². The molecule has 0 unspecified atom stereocenters. The number of amides is 2. The van der Waals surface area contributed by atoms with E-state index in [1.807, 2.05) is 36.5 Å². The van der Waals surface area contributed by atoms with Crippen molar-refractivity contribution in [2.75, 3.05) is 32.7 Å². The van der Waals surface area contributed by atoms with Crippen LogP contribution in [0, 0.1) is 0 Å². The largest absolute Gasteiger partial charge is 0.352 e. The zero-order valence-corrected chi connectivity index (χ0v) is 19.7. The summed E-state index contributed by atoms with van der Waals surface area (Å²) in [6, 6.07) is 15.8. The van der Waals surface area contributed by atoms with Crippen molar-refractivity contribution in [2.45, 2.75) is 18.2 Å². The van der Waals surface area contributed by atoms with Gasteiger partial charge in [-0.05, 0) is 48.4 Å². The van der Waals surface area contributed by atoms with Crippen LogP contribution in [-0.2, 0) is 21.2 Å². The van der Waals surface area contributed by atoms with Gasteiger partial charge in [0.15, 0.2) is 0 Å². The van der Waals surface area contributed by atoms with Gasteiger partial charge in [0, 0.05) is 57.6 Å². The molecular weight excluding hydrogens is 454 g/mol. The minimum absolute atomic E-state index is 0.0652. The molecule has 0 radical (unpaired) electrons. The van der Waals surface area contributed by atoms with E-state index in [1.54, 1.807) is 27.9 Å². The molecule has 3 aromatic rings. The maximum absolute atomic E-state index is 13.0. The number of nitrogens with one attached hydrogen (secondary N) is 1. The van der Waals surface area contributed by atoms with E-state index in [2.05, 4.69) is 10.4 Å². The van der Waals surface area contributed by atoms with Crippen molar-refractivity contribution < 1.29 is 18.0 Å². The summed E-state index contributed by atoms with van der Waals surface area (Å²) >= 11 is 0. The molecular formula is C24H27N5O4S. The molecule has 1 aliphatic heterocycles. The number of carbonyl (C=O) groups is 2. The van der Waals surface area contributed by atoms with Gasteiger partial charge in [0.05, 0.1) is 10.6 Å². The number of nitrogens with zero attached hydrogens (tertiary/aromatic N) is 4. The van der Waals surface area contributed by atoms with Crippen molar-refractivity contribution in [3.05, 3.63) is 78.1 Å². The highest BCUT2D eigenvalue weighted by molar-refractivity contribution is 7.89. The molecule has 1 aromatic heterocycles. The van der Waals surface area contributed by atoms with Crippen LogP contribution in [0.3, 0.4) is 0 Å². The van der Waals surface area contributed by atoms with Gasteiger partial charge in [0.2, 0.25) is 15.9 Å². The van der Waals surface area contributed by atoms with Crippen LogP contribution in [0.1, 0.15) is 22.8 Å². The zero-order chi connectivity index (χ0) is 24.1. The van der Waals surface area contributed by atoms with Crippen molar-refractivity contribution in [3.63, 3.8) is 0 Å². The molecule has 1 saturated heterocycles. The van der Waals surface area contributed by atoms with Gasteiger partial charge in [-0.25, -0.2) is 13.1 Å². The van der Waals surface area contributed by atoms with Crippen molar-refractivity contribution in [1.82, 2.24) is 24.3 Å². The highest BCUT2D eigenvalue weighted by Gasteiger charge is 2.29. The molecule has 178 valence electrons. The Bertz CT molecular complexity index is 1250. The maximum atomic E-state index is 13.0. The van der Waals surface area contributed by atoms with E-state index in [0.717, 1.165) is 11.3 Å². The lowest BCUT2D eigenvalue weighted by Crippen LogP contribution is -2.49. The Morgan fingerprint density at radius 3 is 2.38 bits per heavy atom. The lowest BCUT2D eigenvalue weighted by molar-refractivity contribution is -0.129. The van der Waals surface area contributed by atoms with Gasteiger partial charge in [-0.15, -0.1) is 0 Å². The second-order valence-corrected chi connectivity index (χ2v) is 10.00. The predicted molar refractivity (Wildman–Crippen MR) is 127 cm³/mol. The summed E-state index contributed by atoms with van der Waals surface area (Å²) in [6.45, 7) is 3.08. The van der Waals surface area contributed by atoms with E-state index in [1.165, 1.54) is 23.4 Å². The zero-order valence-electron chi connectivity index (χ0n) is 18.9. The maximum Gasteiger partial charge on any atom is 0.251 e. The van der Waals surface area contributed by atoms with Crippen LogP contribution in [0.25, 0.3) is 5.69 Å². The summed E-state index contributed by atoms with van der Waals surface area (Å²) in [5.41, 5.74) is 2.31. The molecule has 10 heteroatoms. The molecule has 34 heavy (non-hydrogen) atoms. The minimum atomic E-state index is -3.75. The quantitative estimate of drug-likeness (QED) is 0.553. The van der Waals surface area contributed by atoms with E-state index in [0.29, 0.717) is 26.1 Å². The highest BCUT2D eigenvalue weighted by atomic mass is 32.2. The normalized spacial score (nSPS) is 14.7. The fraction of sp³-hybridized carbons (Fsp3) is 0.292. The molecule has 4 rings (SSSR count). The number of benzene rings is 2. The molecule has 2 aromatic carbocycles. The van der Waals surface area contributed by atoms with Crippen LogP contribution in [0.5, 0.6) is 0 Å². The fourth-order valence-corrected chi connectivity index (χ4v) is 5.32. The molecule has 2 heterocycles. The van der Waals surface area contributed by atoms with E-state index < -0.39 is 10.0 Å². The van der Waals surface area contributed by atoms with Gasteiger partial charge < -0.3 is 10.2 Å². The van der Waals surface area contributed by atoms with Crippen molar-refractivity contribution in [2.24, 2.45) is 0 Å². The van der Waals surface area contributed by atoms with E-state index in [-0.39, 0.29) is 35.4 Å². The molecule has 0 saturated carbocycles. The van der Waals surface area contributed by atoms with Gasteiger partial charge in [-0.2, -0.15) is 9.40 Å². The van der Waals surface area contributed by atoms with E-state index in [4.69, 9.17) is 0 Å². The van der Waals surface area contributed by atoms with Gasteiger partial charge in [-0.1, -0.05) is 18.2 Å². The fourth-order valence-electron chi connectivity index (χ4n) is 3.85. The molecule has 2 amide bonds. The van der Waals surface area contributed by atoms with Crippen molar-refractivity contribution in [3.8, 4) is 5.69 Å². The number of hydrogen-bond acceptors (Lipinski definition) is 5. The van der Waals surface area contributed by atoms with Gasteiger partial charge in [0.1, 0.15) is 0 Å². The summed E-state index contributed by atoms with van der Waals surface area (Å²) in [7, 11) is -3.75. The topological polar surface area (TPSA) is 105 Å². The summed E-state index contributed by atoms with van der Waals surface area (Å²) in [4.78, 5) is 25.8. The Kier molecular flexibility index (Phi) is 7.09. The second-order valence-electron chi connectivity index (χ2n) is 8.06. The first-order valence-corrected chi connectivity index (χ1v) is 12.5. The smallest absolute Gasteiger partial charge is 0.251 e. The van der Waals surface area contributed by atoms with Gasteiger partial charge in [0.25, 0.3) is 5.91 Å². The number of carbonyl (C=O) groups excluding carboxylic acids is 2. The first-order chi connectivity index (χ1) is 16.3. The van der Waals surface area contributed by atoms with Crippen LogP contribution in [0.15, 0.2) is 71.9 Å². The lowest BCUT2D eigenvalue weighted by atomic mass is 10.1. The number of aromatic nitrogens is 2. The Balaban J connectivity index is 1.34. The third-order valence-electron chi connectivity index (χ3n) is 5.82. The van der Waals surface area contributed by atoms with Crippen LogP contribution in [-0.4, -0.2) is 71.9 Å². The highest BCUT2D eigenvalue weighted by Crippen LogP contribution is 2.19. The Labute approximate surface area is 199 Å². The Hall–Kier alpha value is -3.50. The number of piperazine rings is 1. The second kappa shape index (κ2) is 10.2. The average molecular weight is 482 g/mol. The van der Waals surface area contributed by atoms with Crippen molar-refractivity contribution >= 4 is 21.8 Å². The molecule has 1 fully saturated rings. The lowest BCUT2D eigenvalue weighted by Gasteiger charge is -2.33. The SMILES string of the molecule is CC(=O)N1CCN(S(=O)(=O)c2cccc(C(=O)NCCc3ccc(-n4cccn4)cc3)c2)CC1. The number of sulfonamides is 1. The third-order valence-corrected chi connectivity index (χ3v) is 7.72. The summed E-state index contributed by atoms with van der Waals surface area (Å²) in [5.74, 6) is -0.392. The molecule has 0 aliphatic carbocycles.